The lowest BCUT2D eigenvalue weighted by atomic mass is 10.1. The van der Waals surface area contributed by atoms with Gasteiger partial charge in [-0.2, -0.15) is 0 Å². The third-order valence-corrected chi connectivity index (χ3v) is 3.73. The van der Waals surface area contributed by atoms with E-state index in [9.17, 15) is 4.79 Å². The molecule has 0 atom stereocenters. The number of anilines is 1. The van der Waals surface area contributed by atoms with Crippen molar-refractivity contribution in [1.29, 1.82) is 0 Å². The number of hydrogen-bond acceptors (Lipinski definition) is 2. The van der Waals surface area contributed by atoms with E-state index in [-0.39, 0.29) is 5.91 Å². The quantitative estimate of drug-likeness (QED) is 0.705. The number of halogens is 2. The summed E-state index contributed by atoms with van der Waals surface area (Å²) < 4.78 is 0.764. The first-order valence-corrected chi connectivity index (χ1v) is 7.41. The van der Waals surface area contributed by atoms with Gasteiger partial charge < -0.3 is 5.32 Å². The van der Waals surface area contributed by atoms with Crippen LogP contribution < -0.4 is 5.32 Å². The highest BCUT2D eigenvalue weighted by molar-refractivity contribution is 9.10. The Kier molecular flexibility index (Phi) is 3.90. The van der Waals surface area contributed by atoms with E-state index in [0.29, 0.717) is 10.6 Å². The van der Waals surface area contributed by atoms with Gasteiger partial charge >= 0.3 is 0 Å². The van der Waals surface area contributed by atoms with Crippen molar-refractivity contribution in [1.82, 2.24) is 4.98 Å². The molecular weight excluding hydrogens is 352 g/mol. The maximum absolute atomic E-state index is 12.4. The molecule has 1 amide bonds. The van der Waals surface area contributed by atoms with Gasteiger partial charge in [0.1, 0.15) is 0 Å². The average Bonchev–Trinajstić information content (AvgIpc) is 2.46. The topological polar surface area (TPSA) is 42.0 Å². The third-order valence-electron chi connectivity index (χ3n) is 3.06. The lowest BCUT2D eigenvalue weighted by Gasteiger charge is -2.09. The maximum Gasteiger partial charge on any atom is 0.255 e. The van der Waals surface area contributed by atoms with Gasteiger partial charge in [0.15, 0.2) is 0 Å². The summed E-state index contributed by atoms with van der Waals surface area (Å²) in [6.45, 7) is 0. The Balaban J connectivity index is 1.96. The number of rotatable bonds is 2. The van der Waals surface area contributed by atoms with Crippen LogP contribution in [0.4, 0.5) is 5.69 Å². The summed E-state index contributed by atoms with van der Waals surface area (Å²) in [5, 5.41) is 5.33. The fourth-order valence-corrected chi connectivity index (χ4v) is 2.96. The lowest BCUT2D eigenvalue weighted by Crippen LogP contribution is -2.12. The van der Waals surface area contributed by atoms with E-state index in [1.165, 1.54) is 0 Å². The third kappa shape index (κ3) is 3.06. The summed E-state index contributed by atoms with van der Waals surface area (Å²) >= 11 is 9.30. The van der Waals surface area contributed by atoms with E-state index < -0.39 is 0 Å². The summed E-state index contributed by atoms with van der Waals surface area (Å²) in [7, 11) is 0. The summed E-state index contributed by atoms with van der Waals surface area (Å²) in [5.74, 6) is -0.213. The molecule has 1 heterocycles. The molecule has 0 spiro atoms. The molecule has 2 aromatic carbocycles. The molecular formula is C16H10BrClN2O. The number of benzene rings is 2. The molecule has 3 rings (SSSR count). The number of pyridine rings is 1. The van der Waals surface area contributed by atoms with Crippen molar-refractivity contribution in [3.8, 4) is 0 Å². The van der Waals surface area contributed by atoms with Gasteiger partial charge in [0.2, 0.25) is 0 Å². The largest absolute Gasteiger partial charge is 0.321 e. The molecule has 0 bridgehead atoms. The Labute approximate surface area is 135 Å². The Hall–Kier alpha value is -1.91. The van der Waals surface area contributed by atoms with Gasteiger partial charge in [0, 0.05) is 32.8 Å². The van der Waals surface area contributed by atoms with Crippen LogP contribution in [-0.2, 0) is 0 Å². The van der Waals surface area contributed by atoms with E-state index in [1.807, 2.05) is 24.3 Å². The van der Waals surface area contributed by atoms with Gasteiger partial charge in [-0.05, 0) is 35.7 Å². The monoisotopic (exact) mass is 360 g/mol. The predicted molar refractivity (Wildman–Crippen MR) is 88.8 cm³/mol. The Morgan fingerprint density at radius 1 is 1.19 bits per heavy atom. The highest BCUT2D eigenvalue weighted by Gasteiger charge is 2.10. The molecule has 0 saturated heterocycles. The summed E-state index contributed by atoms with van der Waals surface area (Å²) in [6.07, 6.45) is 3.46. The van der Waals surface area contributed by atoms with E-state index in [2.05, 4.69) is 26.2 Å². The first-order chi connectivity index (χ1) is 10.1. The number of aromatic nitrogens is 1. The number of amides is 1. The second-order valence-electron chi connectivity index (χ2n) is 4.51. The van der Waals surface area contributed by atoms with Gasteiger partial charge in [0.25, 0.3) is 5.91 Å². The fourth-order valence-electron chi connectivity index (χ4n) is 2.10. The zero-order valence-corrected chi connectivity index (χ0v) is 13.1. The van der Waals surface area contributed by atoms with E-state index >= 15 is 0 Å². The van der Waals surface area contributed by atoms with Crippen molar-refractivity contribution in [2.45, 2.75) is 0 Å². The van der Waals surface area contributed by atoms with Gasteiger partial charge in [-0.3, -0.25) is 9.78 Å². The molecule has 1 aromatic heterocycles. The van der Waals surface area contributed by atoms with Crippen molar-refractivity contribution >= 4 is 49.9 Å². The van der Waals surface area contributed by atoms with Crippen molar-refractivity contribution in [2.24, 2.45) is 0 Å². The molecule has 0 aliphatic carbocycles. The van der Waals surface area contributed by atoms with Crippen molar-refractivity contribution in [3.63, 3.8) is 0 Å². The zero-order chi connectivity index (χ0) is 14.8. The average molecular weight is 362 g/mol. The molecule has 0 aliphatic heterocycles. The van der Waals surface area contributed by atoms with Gasteiger partial charge in [-0.1, -0.05) is 39.7 Å². The fraction of sp³-hybridized carbons (Fsp3) is 0. The van der Waals surface area contributed by atoms with E-state index in [0.717, 1.165) is 20.9 Å². The molecule has 104 valence electrons. The van der Waals surface area contributed by atoms with Crippen LogP contribution in [0.1, 0.15) is 10.4 Å². The van der Waals surface area contributed by atoms with Crippen LogP contribution in [-0.4, -0.2) is 10.9 Å². The minimum Gasteiger partial charge on any atom is -0.321 e. The minimum atomic E-state index is -0.213. The van der Waals surface area contributed by atoms with Gasteiger partial charge in [-0.25, -0.2) is 0 Å². The standard InChI is InChI=1S/C16H10BrClN2O/c17-12-6-11(7-13(18)8-12)16(21)20-15-3-1-2-10-4-5-19-9-14(10)15/h1-9H,(H,20,21). The number of hydrogen-bond donors (Lipinski definition) is 1. The molecule has 0 unspecified atom stereocenters. The van der Waals surface area contributed by atoms with Crippen molar-refractivity contribution < 1.29 is 4.79 Å². The van der Waals surface area contributed by atoms with Crippen LogP contribution in [0, 0.1) is 0 Å². The number of nitrogens with zero attached hydrogens (tertiary/aromatic N) is 1. The highest BCUT2D eigenvalue weighted by atomic mass is 79.9. The molecule has 0 radical (unpaired) electrons. The summed E-state index contributed by atoms with van der Waals surface area (Å²) in [5.41, 5.74) is 1.22. The molecule has 0 saturated carbocycles. The van der Waals surface area contributed by atoms with Crippen LogP contribution in [0.2, 0.25) is 5.02 Å². The number of fused-ring (bicyclic) bond motifs is 1. The van der Waals surface area contributed by atoms with Gasteiger partial charge in [-0.15, -0.1) is 0 Å². The van der Waals surface area contributed by atoms with Crippen LogP contribution in [0.5, 0.6) is 0 Å². The zero-order valence-electron chi connectivity index (χ0n) is 10.8. The van der Waals surface area contributed by atoms with Crippen molar-refractivity contribution in [2.75, 3.05) is 5.32 Å². The smallest absolute Gasteiger partial charge is 0.255 e. The number of carbonyl (C=O) groups is 1. The highest BCUT2D eigenvalue weighted by Crippen LogP contribution is 2.24. The predicted octanol–water partition coefficient (Wildman–Crippen LogP) is 4.90. The second-order valence-corrected chi connectivity index (χ2v) is 5.87. The first kappa shape index (κ1) is 14.0. The second kappa shape index (κ2) is 5.84. The van der Waals surface area contributed by atoms with Crippen LogP contribution in [0.25, 0.3) is 10.8 Å². The molecule has 5 heteroatoms. The molecule has 0 aliphatic rings. The maximum atomic E-state index is 12.4. The first-order valence-electron chi connectivity index (χ1n) is 6.24. The molecule has 3 aromatic rings. The Morgan fingerprint density at radius 3 is 2.86 bits per heavy atom. The van der Waals surface area contributed by atoms with Crippen molar-refractivity contribution in [3.05, 3.63) is 69.9 Å². The van der Waals surface area contributed by atoms with Gasteiger partial charge in [0.05, 0.1) is 5.69 Å². The van der Waals surface area contributed by atoms with Crippen LogP contribution in [0.15, 0.2) is 59.3 Å². The molecule has 21 heavy (non-hydrogen) atoms. The minimum absolute atomic E-state index is 0.213. The van der Waals surface area contributed by atoms with Crippen LogP contribution >= 0.6 is 27.5 Å². The van der Waals surface area contributed by atoms with E-state index in [4.69, 9.17) is 11.6 Å². The normalized spacial score (nSPS) is 10.6. The number of nitrogens with one attached hydrogen (secondary N) is 1. The summed E-state index contributed by atoms with van der Waals surface area (Å²) in [4.78, 5) is 16.5. The Bertz CT molecular complexity index is 810. The lowest BCUT2D eigenvalue weighted by molar-refractivity contribution is 0.102. The molecule has 0 fully saturated rings. The number of carbonyl (C=O) groups excluding carboxylic acids is 1. The molecule has 1 N–H and O–H groups in total. The molecule has 3 nitrogen and oxygen atoms in total. The summed E-state index contributed by atoms with van der Waals surface area (Å²) in [6, 6.07) is 12.7. The van der Waals surface area contributed by atoms with Crippen LogP contribution in [0.3, 0.4) is 0 Å². The van der Waals surface area contributed by atoms with E-state index in [1.54, 1.807) is 30.6 Å². The Morgan fingerprint density at radius 2 is 2.05 bits per heavy atom. The SMILES string of the molecule is O=C(Nc1cccc2ccncc12)c1cc(Cl)cc(Br)c1.